The average molecular weight is 331 g/mol. The lowest BCUT2D eigenvalue weighted by Crippen LogP contribution is -2.29. The molecule has 0 saturated carbocycles. The number of non-ortho nitro benzene ring substituents is 1. The Morgan fingerprint density at radius 1 is 1.53 bits per heavy atom. The Morgan fingerprint density at radius 3 is 2.84 bits per heavy atom. The summed E-state index contributed by atoms with van der Waals surface area (Å²) in [7, 11) is 0. The van der Waals surface area contributed by atoms with Crippen LogP contribution in [0.1, 0.15) is 16.8 Å². The number of likely N-dealkylation sites (tertiary alicyclic amines) is 1. The summed E-state index contributed by atoms with van der Waals surface area (Å²) < 4.78 is 13.3. The minimum Gasteiger partial charge on any atom is -0.338 e. The van der Waals surface area contributed by atoms with Crippen LogP contribution in [0.25, 0.3) is 0 Å². The zero-order valence-corrected chi connectivity index (χ0v) is 11.6. The van der Waals surface area contributed by atoms with Gasteiger partial charge in [-0.2, -0.15) is 0 Å². The number of nitro benzene ring substituents is 1. The summed E-state index contributed by atoms with van der Waals surface area (Å²) in [5, 5.41) is 11.5. The molecule has 0 spiro atoms. The molecule has 2 rings (SSSR count). The van der Waals surface area contributed by atoms with Crippen LogP contribution in [0.4, 0.5) is 10.1 Å². The van der Waals surface area contributed by atoms with Crippen LogP contribution in [0.2, 0.25) is 0 Å². The topological polar surface area (TPSA) is 63.4 Å². The van der Waals surface area contributed by atoms with Crippen LogP contribution in [-0.2, 0) is 0 Å². The Hall–Kier alpha value is -1.50. The number of carbonyl (C=O) groups is 1. The van der Waals surface area contributed by atoms with Crippen LogP contribution in [0, 0.1) is 21.8 Å². The van der Waals surface area contributed by atoms with E-state index in [-0.39, 0.29) is 11.5 Å². The van der Waals surface area contributed by atoms with Crippen molar-refractivity contribution in [2.75, 3.05) is 18.4 Å². The van der Waals surface area contributed by atoms with Crippen molar-refractivity contribution in [3.63, 3.8) is 0 Å². The van der Waals surface area contributed by atoms with E-state index in [9.17, 15) is 19.3 Å². The molecule has 0 bridgehead atoms. The van der Waals surface area contributed by atoms with Gasteiger partial charge in [-0.05, 0) is 18.4 Å². The number of nitro groups is 1. The van der Waals surface area contributed by atoms with E-state index in [0.29, 0.717) is 19.0 Å². The molecule has 1 aliphatic rings. The molecule has 5 nitrogen and oxygen atoms in total. The lowest BCUT2D eigenvalue weighted by atomic mass is 10.1. The zero-order chi connectivity index (χ0) is 14.0. The highest BCUT2D eigenvalue weighted by molar-refractivity contribution is 9.09. The molecule has 0 radical (unpaired) electrons. The highest BCUT2D eigenvalue weighted by Gasteiger charge is 2.27. The smallest absolute Gasteiger partial charge is 0.273 e. The number of alkyl halides is 1. The second-order valence-electron chi connectivity index (χ2n) is 4.52. The number of nitrogens with zero attached hydrogens (tertiary/aromatic N) is 2. The van der Waals surface area contributed by atoms with Crippen LogP contribution >= 0.6 is 15.9 Å². The summed E-state index contributed by atoms with van der Waals surface area (Å²) in [6.45, 7) is 1.19. The number of rotatable bonds is 3. The quantitative estimate of drug-likeness (QED) is 0.486. The zero-order valence-electron chi connectivity index (χ0n) is 10.0. The van der Waals surface area contributed by atoms with Gasteiger partial charge in [-0.15, -0.1) is 0 Å². The summed E-state index contributed by atoms with van der Waals surface area (Å²) in [4.78, 5) is 23.7. The Bertz CT molecular complexity index is 524. The van der Waals surface area contributed by atoms with E-state index in [4.69, 9.17) is 0 Å². The van der Waals surface area contributed by atoms with Crippen molar-refractivity contribution < 1.29 is 14.1 Å². The monoisotopic (exact) mass is 330 g/mol. The Labute approximate surface area is 117 Å². The van der Waals surface area contributed by atoms with Gasteiger partial charge in [0.15, 0.2) is 0 Å². The molecule has 1 fully saturated rings. The van der Waals surface area contributed by atoms with E-state index < -0.39 is 16.4 Å². The van der Waals surface area contributed by atoms with E-state index in [1.165, 1.54) is 0 Å². The lowest BCUT2D eigenvalue weighted by Gasteiger charge is -2.16. The fourth-order valence-corrected chi connectivity index (χ4v) is 2.66. The molecule has 1 unspecified atom stereocenters. The SMILES string of the molecule is O=C(c1cc(F)cc([N+](=O)[O-])c1)N1CCC(CBr)C1. The lowest BCUT2D eigenvalue weighted by molar-refractivity contribution is -0.385. The number of carbonyl (C=O) groups excluding carboxylic acids is 1. The molecular weight excluding hydrogens is 319 g/mol. The predicted molar refractivity (Wildman–Crippen MR) is 70.9 cm³/mol. The molecule has 1 aliphatic heterocycles. The third-order valence-electron chi connectivity index (χ3n) is 3.13. The van der Waals surface area contributed by atoms with Crippen molar-refractivity contribution in [1.29, 1.82) is 0 Å². The second-order valence-corrected chi connectivity index (χ2v) is 5.16. The molecule has 1 amide bonds. The Balaban J connectivity index is 2.22. The van der Waals surface area contributed by atoms with Gasteiger partial charge >= 0.3 is 0 Å². The maximum Gasteiger partial charge on any atom is 0.273 e. The minimum absolute atomic E-state index is 0.0296. The van der Waals surface area contributed by atoms with Gasteiger partial charge in [0.05, 0.1) is 11.0 Å². The molecule has 0 N–H and O–H groups in total. The van der Waals surface area contributed by atoms with Gasteiger partial charge in [0.25, 0.3) is 11.6 Å². The first-order valence-electron chi connectivity index (χ1n) is 5.81. The summed E-state index contributed by atoms with van der Waals surface area (Å²) in [5.41, 5.74) is -0.374. The molecule has 1 aromatic carbocycles. The van der Waals surface area contributed by atoms with Gasteiger partial charge in [-0.25, -0.2) is 4.39 Å². The second kappa shape index (κ2) is 5.64. The summed E-state index contributed by atoms with van der Waals surface area (Å²) in [5.74, 6) is -0.743. The van der Waals surface area contributed by atoms with Gasteiger partial charge in [0, 0.05) is 30.0 Å². The van der Waals surface area contributed by atoms with E-state index >= 15 is 0 Å². The van der Waals surface area contributed by atoms with E-state index in [1.807, 2.05) is 0 Å². The average Bonchev–Trinajstić information content (AvgIpc) is 2.85. The summed E-state index contributed by atoms with van der Waals surface area (Å²) in [6, 6.07) is 2.96. The fourth-order valence-electron chi connectivity index (χ4n) is 2.13. The first-order valence-corrected chi connectivity index (χ1v) is 6.93. The molecule has 1 saturated heterocycles. The Kier molecular flexibility index (Phi) is 4.14. The van der Waals surface area contributed by atoms with E-state index in [2.05, 4.69) is 15.9 Å². The number of hydrogen-bond acceptors (Lipinski definition) is 3. The van der Waals surface area contributed by atoms with E-state index in [0.717, 1.165) is 30.0 Å². The van der Waals surface area contributed by atoms with Crippen molar-refractivity contribution in [3.05, 3.63) is 39.7 Å². The van der Waals surface area contributed by atoms with Gasteiger partial charge in [-0.3, -0.25) is 14.9 Å². The van der Waals surface area contributed by atoms with Crippen LogP contribution in [0.5, 0.6) is 0 Å². The van der Waals surface area contributed by atoms with Crippen molar-refractivity contribution in [2.24, 2.45) is 5.92 Å². The fraction of sp³-hybridized carbons (Fsp3) is 0.417. The number of halogens is 2. The molecule has 0 aliphatic carbocycles. The Morgan fingerprint density at radius 2 is 2.26 bits per heavy atom. The minimum atomic E-state index is -0.770. The van der Waals surface area contributed by atoms with Crippen molar-refractivity contribution in [3.8, 4) is 0 Å². The molecule has 0 aromatic heterocycles. The summed E-state index contributed by atoms with van der Waals surface area (Å²) in [6.07, 6.45) is 0.883. The predicted octanol–water partition coefficient (Wildman–Crippen LogP) is 2.59. The van der Waals surface area contributed by atoms with Crippen molar-refractivity contribution >= 4 is 27.5 Å². The van der Waals surface area contributed by atoms with Gasteiger partial charge in [0.2, 0.25) is 0 Å². The van der Waals surface area contributed by atoms with Crippen LogP contribution in [-0.4, -0.2) is 34.2 Å². The van der Waals surface area contributed by atoms with E-state index in [1.54, 1.807) is 4.90 Å². The van der Waals surface area contributed by atoms with Crippen molar-refractivity contribution in [2.45, 2.75) is 6.42 Å². The standard InChI is InChI=1S/C12H12BrFN2O3/c13-6-8-1-2-15(7-8)12(17)9-3-10(14)5-11(4-9)16(18)19/h3-5,8H,1-2,6-7H2. The number of amides is 1. The first kappa shape index (κ1) is 13.9. The van der Waals surface area contributed by atoms with Crippen LogP contribution < -0.4 is 0 Å². The third-order valence-corrected chi connectivity index (χ3v) is 4.05. The molecule has 102 valence electrons. The van der Waals surface area contributed by atoms with Gasteiger partial charge < -0.3 is 4.90 Å². The van der Waals surface area contributed by atoms with Crippen LogP contribution in [0.3, 0.4) is 0 Å². The highest BCUT2D eigenvalue weighted by atomic mass is 79.9. The van der Waals surface area contributed by atoms with Gasteiger partial charge in [0.1, 0.15) is 5.82 Å². The number of benzene rings is 1. The third kappa shape index (κ3) is 3.09. The molecule has 1 atom stereocenters. The maximum absolute atomic E-state index is 13.3. The number of hydrogen-bond donors (Lipinski definition) is 0. The van der Waals surface area contributed by atoms with Crippen LogP contribution in [0.15, 0.2) is 18.2 Å². The van der Waals surface area contributed by atoms with Gasteiger partial charge in [-0.1, -0.05) is 15.9 Å². The molecular formula is C12H12BrFN2O3. The normalized spacial score (nSPS) is 18.6. The first-order chi connectivity index (χ1) is 9.01. The molecule has 7 heteroatoms. The molecule has 1 heterocycles. The molecule has 19 heavy (non-hydrogen) atoms. The largest absolute Gasteiger partial charge is 0.338 e. The highest BCUT2D eigenvalue weighted by Crippen LogP contribution is 2.22. The molecule has 1 aromatic rings. The maximum atomic E-state index is 13.3. The van der Waals surface area contributed by atoms with Crippen molar-refractivity contribution in [1.82, 2.24) is 4.90 Å². The summed E-state index contributed by atoms with van der Waals surface area (Å²) >= 11 is 3.36.